The second kappa shape index (κ2) is 6.84. The van der Waals surface area contributed by atoms with E-state index in [9.17, 15) is 4.79 Å². The van der Waals surface area contributed by atoms with Gasteiger partial charge in [0.15, 0.2) is 0 Å². The Morgan fingerprint density at radius 1 is 0.962 bits per heavy atom. The Balaban J connectivity index is 1.74. The zero-order chi connectivity index (χ0) is 17.9. The quantitative estimate of drug-likeness (QED) is 0.608. The summed E-state index contributed by atoms with van der Waals surface area (Å²) in [6.45, 7) is 0. The van der Waals surface area contributed by atoms with Crippen LogP contribution in [0.2, 0.25) is 0 Å². The first-order chi connectivity index (χ1) is 12.7. The first-order valence-corrected chi connectivity index (χ1v) is 8.55. The average molecular weight is 341 g/mol. The third kappa shape index (κ3) is 2.97. The zero-order valence-corrected chi connectivity index (χ0v) is 14.5. The molecule has 4 rings (SSSR count). The molecule has 1 unspecified atom stereocenters. The number of nitrogens with one attached hydrogen (secondary N) is 1. The number of rotatable bonds is 4. The van der Waals surface area contributed by atoms with Gasteiger partial charge in [-0.15, -0.1) is 0 Å². The Morgan fingerprint density at radius 3 is 2.46 bits per heavy atom. The van der Waals surface area contributed by atoms with E-state index in [1.54, 1.807) is 6.20 Å². The Labute approximate surface area is 152 Å². The number of imidazole rings is 1. The molecule has 26 heavy (non-hydrogen) atoms. The lowest BCUT2D eigenvalue weighted by atomic mass is 10.0. The van der Waals surface area contributed by atoms with E-state index in [-0.39, 0.29) is 11.9 Å². The molecule has 4 nitrogen and oxygen atoms in total. The minimum Gasteiger partial charge on any atom is -0.338 e. The van der Waals surface area contributed by atoms with Gasteiger partial charge in [0.2, 0.25) is 0 Å². The van der Waals surface area contributed by atoms with Crippen molar-refractivity contribution in [3.05, 3.63) is 102 Å². The van der Waals surface area contributed by atoms with Crippen LogP contribution in [0.4, 0.5) is 0 Å². The molecule has 0 spiro atoms. The third-order valence-electron chi connectivity index (χ3n) is 4.56. The van der Waals surface area contributed by atoms with Crippen LogP contribution in [-0.4, -0.2) is 15.5 Å². The molecule has 0 aliphatic carbocycles. The maximum absolute atomic E-state index is 13.1. The van der Waals surface area contributed by atoms with E-state index < -0.39 is 0 Å². The van der Waals surface area contributed by atoms with E-state index in [2.05, 4.69) is 10.3 Å². The Morgan fingerprint density at radius 2 is 1.69 bits per heavy atom. The smallest absolute Gasteiger partial charge is 0.252 e. The number of hydrogen-bond donors (Lipinski definition) is 1. The Bertz CT molecular complexity index is 1050. The molecule has 4 aromatic rings. The van der Waals surface area contributed by atoms with Crippen molar-refractivity contribution in [3.63, 3.8) is 0 Å². The molecule has 1 amide bonds. The van der Waals surface area contributed by atoms with Gasteiger partial charge in [0.25, 0.3) is 5.91 Å². The predicted octanol–water partition coefficient (Wildman–Crippen LogP) is 4.09. The summed E-state index contributed by atoms with van der Waals surface area (Å²) in [6, 6.07) is 23.3. The molecular weight excluding hydrogens is 322 g/mol. The van der Waals surface area contributed by atoms with Gasteiger partial charge in [0.1, 0.15) is 11.9 Å². The highest BCUT2D eigenvalue weighted by Crippen LogP contribution is 2.23. The molecular formula is C22H19N3O. The molecule has 0 radical (unpaired) electrons. The molecule has 1 N–H and O–H groups in total. The Hall–Kier alpha value is -3.40. The van der Waals surface area contributed by atoms with Gasteiger partial charge in [-0.3, -0.25) is 4.79 Å². The van der Waals surface area contributed by atoms with Crippen LogP contribution in [0.3, 0.4) is 0 Å². The van der Waals surface area contributed by atoms with Gasteiger partial charge in [0.05, 0.1) is 0 Å². The molecule has 1 atom stereocenters. The third-order valence-corrected chi connectivity index (χ3v) is 4.56. The maximum atomic E-state index is 13.1. The van der Waals surface area contributed by atoms with Gasteiger partial charge in [-0.05, 0) is 22.4 Å². The molecule has 0 aliphatic rings. The van der Waals surface area contributed by atoms with Crippen LogP contribution in [0, 0.1) is 0 Å². The highest BCUT2D eigenvalue weighted by atomic mass is 16.1. The number of carbonyl (C=O) groups excluding carboxylic acids is 1. The van der Waals surface area contributed by atoms with Crippen LogP contribution in [0.15, 0.2) is 85.2 Å². The van der Waals surface area contributed by atoms with Crippen molar-refractivity contribution in [2.75, 3.05) is 0 Å². The molecule has 3 aromatic carbocycles. The molecule has 0 saturated carbocycles. The van der Waals surface area contributed by atoms with Gasteiger partial charge in [-0.2, -0.15) is 0 Å². The van der Waals surface area contributed by atoms with E-state index in [0.29, 0.717) is 5.56 Å². The van der Waals surface area contributed by atoms with Crippen LogP contribution < -0.4 is 5.32 Å². The summed E-state index contributed by atoms with van der Waals surface area (Å²) < 4.78 is 1.93. The molecule has 0 saturated heterocycles. The molecule has 1 aromatic heterocycles. The van der Waals surface area contributed by atoms with Gasteiger partial charge >= 0.3 is 0 Å². The summed E-state index contributed by atoms with van der Waals surface area (Å²) in [5, 5.41) is 5.16. The number of aromatic nitrogens is 2. The lowest BCUT2D eigenvalue weighted by Gasteiger charge is -2.19. The summed E-state index contributed by atoms with van der Waals surface area (Å²) in [5.74, 6) is 0.684. The summed E-state index contributed by atoms with van der Waals surface area (Å²) in [5.41, 5.74) is 1.66. The summed E-state index contributed by atoms with van der Waals surface area (Å²) in [6.07, 6.45) is 3.63. The van der Waals surface area contributed by atoms with Gasteiger partial charge in [-0.1, -0.05) is 66.7 Å². The van der Waals surface area contributed by atoms with Crippen molar-refractivity contribution in [1.82, 2.24) is 14.9 Å². The van der Waals surface area contributed by atoms with E-state index in [0.717, 1.165) is 22.2 Å². The van der Waals surface area contributed by atoms with Crippen LogP contribution in [0.5, 0.6) is 0 Å². The highest BCUT2D eigenvalue weighted by Gasteiger charge is 2.22. The molecule has 128 valence electrons. The minimum absolute atomic E-state index is 0.112. The molecule has 0 aliphatic heterocycles. The van der Waals surface area contributed by atoms with Crippen LogP contribution in [-0.2, 0) is 7.05 Å². The lowest BCUT2D eigenvalue weighted by Crippen LogP contribution is -2.31. The maximum Gasteiger partial charge on any atom is 0.252 e. The fraction of sp³-hybridized carbons (Fsp3) is 0.0909. The number of hydrogen-bond acceptors (Lipinski definition) is 2. The monoisotopic (exact) mass is 341 g/mol. The molecule has 4 heteroatoms. The normalized spacial score (nSPS) is 12.0. The van der Waals surface area contributed by atoms with Gasteiger partial charge in [0, 0.05) is 25.0 Å². The second-order valence-electron chi connectivity index (χ2n) is 6.24. The number of benzene rings is 3. The van der Waals surface area contributed by atoms with E-state index in [1.807, 2.05) is 90.6 Å². The van der Waals surface area contributed by atoms with Crippen molar-refractivity contribution in [3.8, 4) is 0 Å². The van der Waals surface area contributed by atoms with Crippen molar-refractivity contribution in [2.45, 2.75) is 6.04 Å². The summed E-state index contributed by atoms with van der Waals surface area (Å²) in [4.78, 5) is 17.6. The van der Waals surface area contributed by atoms with Gasteiger partial charge in [-0.25, -0.2) is 4.98 Å². The SMILES string of the molecule is Cn1ccnc1C(NC(=O)c1cccc2ccccc12)c1ccccc1. The van der Waals surface area contributed by atoms with E-state index >= 15 is 0 Å². The largest absolute Gasteiger partial charge is 0.338 e. The summed E-state index contributed by atoms with van der Waals surface area (Å²) >= 11 is 0. The van der Waals surface area contributed by atoms with E-state index in [1.165, 1.54) is 0 Å². The molecule has 0 fully saturated rings. The van der Waals surface area contributed by atoms with Crippen molar-refractivity contribution in [1.29, 1.82) is 0 Å². The number of amides is 1. The standard InChI is InChI=1S/C22H19N3O/c1-25-15-14-23-21(25)20(17-9-3-2-4-10-17)24-22(26)19-13-7-11-16-8-5-6-12-18(16)19/h2-15,20H,1H3,(H,24,26). The number of nitrogens with zero attached hydrogens (tertiary/aromatic N) is 2. The lowest BCUT2D eigenvalue weighted by molar-refractivity contribution is 0.0943. The van der Waals surface area contributed by atoms with Crippen LogP contribution in [0.1, 0.15) is 27.8 Å². The second-order valence-corrected chi connectivity index (χ2v) is 6.24. The van der Waals surface area contributed by atoms with Gasteiger partial charge < -0.3 is 9.88 Å². The Kier molecular flexibility index (Phi) is 4.23. The van der Waals surface area contributed by atoms with E-state index in [4.69, 9.17) is 0 Å². The van der Waals surface area contributed by atoms with Crippen LogP contribution in [0.25, 0.3) is 10.8 Å². The fourth-order valence-electron chi connectivity index (χ4n) is 3.23. The first kappa shape index (κ1) is 16.1. The first-order valence-electron chi connectivity index (χ1n) is 8.55. The number of fused-ring (bicyclic) bond motifs is 1. The average Bonchev–Trinajstić information content (AvgIpc) is 3.12. The number of carbonyl (C=O) groups is 1. The molecule has 0 bridgehead atoms. The van der Waals surface area contributed by atoms with Crippen molar-refractivity contribution < 1.29 is 4.79 Å². The number of aryl methyl sites for hydroxylation is 1. The van der Waals surface area contributed by atoms with Crippen molar-refractivity contribution in [2.24, 2.45) is 7.05 Å². The zero-order valence-electron chi connectivity index (χ0n) is 14.5. The highest BCUT2D eigenvalue weighted by molar-refractivity contribution is 6.07. The topological polar surface area (TPSA) is 46.9 Å². The minimum atomic E-state index is -0.317. The predicted molar refractivity (Wildman–Crippen MR) is 103 cm³/mol. The fourth-order valence-corrected chi connectivity index (χ4v) is 3.23. The van der Waals surface area contributed by atoms with Crippen LogP contribution >= 0.6 is 0 Å². The summed E-state index contributed by atoms with van der Waals surface area (Å²) in [7, 11) is 1.93. The van der Waals surface area contributed by atoms with Crippen molar-refractivity contribution >= 4 is 16.7 Å². The molecule has 1 heterocycles.